The molecule has 0 spiro atoms. The van der Waals surface area contributed by atoms with E-state index in [1.54, 1.807) is 27.9 Å². The average molecular weight is 231 g/mol. The minimum absolute atomic E-state index is 0.353. The molecule has 2 aliphatic heterocycles. The molecule has 0 aromatic carbocycles. The van der Waals surface area contributed by atoms with Gasteiger partial charge in [0.2, 0.25) is 0 Å². The number of fused-ring (bicyclic) bond motifs is 1. The molecule has 0 aromatic heterocycles. The van der Waals surface area contributed by atoms with E-state index in [0.717, 1.165) is 0 Å². The zero-order chi connectivity index (χ0) is 11.9. The molecule has 0 radical (unpaired) electrons. The molecule has 2 aliphatic rings. The van der Waals surface area contributed by atoms with Crippen molar-refractivity contribution in [3.05, 3.63) is 0 Å². The molecule has 0 aliphatic carbocycles. The largest absolute Gasteiger partial charge is 0.411 e. The van der Waals surface area contributed by atoms with Crippen molar-refractivity contribution < 1.29 is 24.2 Å². The van der Waals surface area contributed by atoms with E-state index in [9.17, 15) is 0 Å². The van der Waals surface area contributed by atoms with Gasteiger partial charge in [-0.1, -0.05) is 5.16 Å². The third-order valence-electron chi connectivity index (χ3n) is 2.79. The number of hydrogen-bond acceptors (Lipinski definition) is 6. The maximum Gasteiger partial charge on any atom is 0.187 e. The van der Waals surface area contributed by atoms with Crippen molar-refractivity contribution in [3.8, 4) is 0 Å². The first-order valence-electron chi connectivity index (χ1n) is 5.24. The van der Waals surface area contributed by atoms with Gasteiger partial charge in [-0.3, -0.25) is 0 Å². The summed E-state index contributed by atoms with van der Waals surface area (Å²) < 4.78 is 22.1. The van der Waals surface area contributed by atoms with Crippen molar-refractivity contribution >= 4 is 5.71 Å². The van der Waals surface area contributed by atoms with E-state index in [1.807, 2.05) is 0 Å². The highest BCUT2D eigenvalue weighted by molar-refractivity contribution is 5.93. The predicted octanol–water partition coefficient (Wildman–Crippen LogP) is 0.728. The second-order valence-electron chi connectivity index (χ2n) is 4.43. The Kier molecular flexibility index (Phi) is 2.91. The van der Waals surface area contributed by atoms with Crippen LogP contribution in [-0.4, -0.2) is 48.4 Å². The summed E-state index contributed by atoms with van der Waals surface area (Å²) in [7, 11) is 1.55. The summed E-state index contributed by atoms with van der Waals surface area (Å²) in [6.07, 6.45) is -1.68. The molecule has 6 nitrogen and oxygen atoms in total. The van der Waals surface area contributed by atoms with Crippen LogP contribution in [0.25, 0.3) is 0 Å². The van der Waals surface area contributed by atoms with E-state index in [0.29, 0.717) is 5.71 Å². The Labute approximate surface area is 94.1 Å². The SMILES string of the molecule is COC1OC(C)/C(=N/O)C2OC(C)(C)OC12. The molecule has 2 rings (SSSR count). The Morgan fingerprint density at radius 1 is 1.38 bits per heavy atom. The molecule has 16 heavy (non-hydrogen) atoms. The molecule has 4 atom stereocenters. The lowest BCUT2D eigenvalue weighted by molar-refractivity contribution is -0.220. The van der Waals surface area contributed by atoms with E-state index in [4.69, 9.17) is 24.2 Å². The van der Waals surface area contributed by atoms with Crippen molar-refractivity contribution in [2.24, 2.45) is 5.16 Å². The van der Waals surface area contributed by atoms with Gasteiger partial charge in [0.25, 0.3) is 0 Å². The van der Waals surface area contributed by atoms with Crippen molar-refractivity contribution in [2.45, 2.75) is 51.2 Å². The first kappa shape index (κ1) is 11.8. The molecule has 0 amide bonds. The van der Waals surface area contributed by atoms with Gasteiger partial charge in [0.15, 0.2) is 12.1 Å². The van der Waals surface area contributed by atoms with Crippen LogP contribution in [0.15, 0.2) is 5.16 Å². The summed E-state index contributed by atoms with van der Waals surface area (Å²) in [4.78, 5) is 0. The normalized spacial score (nSPS) is 44.6. The maximum absolute atomic E-state index is 8.97. The lowest BCUT2D eigenvalue weighted by Gasteiger charge is -2.34. The second kappa shape index (κ2) is 3.96. The zero-order valence-electron chi connectivity index (χ0n) is 9.84. The number of oxime groups is 1. The summed E-state index contributed by atoms with van der Waals surface area (Å²) in [6.45, 7) is 5.39. The minimum atomic E-state index is -0.727. The van der Waals surface area contributed by atoms with Gasteiger partial charge in [-0.25, -0.2) is 0 Å². The summed E-state index contributed by atoms with van der Waals surface area (Å²) in [5.74, 6) is -0.727. The van der Waals surface area contributed by atoms with Crippen LogP contribution in [0.2, 0.25) is 0 Å². The third kappa shape index (κ3) is 1.82. The summed E-state index contributed by atoms with van der Waals surface area (Å²) in [6, 6.07) is 0. The van der Waals surface area contributed by atoms with Gasteiger partial charge in [0.05, 0.1) is 0 Å². The lowest BCUT2D eigenvalue weighted by Crippen LogP contribution is -2.53. The van der Waals surface area contributed by atoms with Crippen LogP contribution >= 0.6 is 0 Å². The van der Waals surface area contributed by atoms with E-state index < -0.39 is 24.3 Å². The maximum atomic E-state index is 8.97. The van der Waals surface area contributed by atoms with Crippen LogP contribution in [-0.2, 0) is 18.9 Å². The third-order valence-corrected chi connectivity index (χ3v) is 2.79. The van der Waals surface area contributed by atoms with Crippen molar-refractivity contribution in [1.82, 2.24) is 0 Å². The highest BCUT2D eigenvalue weighted by Gasteiger charge is 2.53. The number of rotatable bonds is 1. The van der Waals surface area contributed by atoms with E-state index in [1.165, 1.54) is 0 Å². The van der Waals surface area contributed by atoms with Crippen LogP contribution in [0.3, 0.4) is 0 Å². The molecule has 0 bridgehead atoms. The van der Waals surface area contributed by atoms with Crippen molar-refractivity contribution in [3.63, 3.8) is 0 Å². The average Bonchev–Trinajstić information content (AvgIpc) is 2.52. The van der Waals surface area contributed by atoms with Crippen molar-refractivity contribution in [2.75, 3.05) is 7.11 Å². The fourth-order valence-corrected chi connectivity index (χ4v) is 2.12. The van der Waals surface area contributed by atoms with Crippen LogP contribution < -0.4 is 0 Å². The van der Waals surface area contributed by atoms with Gasteiger partial charge in [-0.2, -0.15) is 0 Å². The zero-order valence-corrected chi connectivity index (χ0v) is 9.84. The highest BCUT2D eigenvalue weighted by atomic mass is 16.8. The number of methoxy groups -OCH3 is 1. The van der Waals surface area contributed by atoms with Crippen molar-refractivity contribution in [1.29, 1.82) is 0 Å². The quantitative estimate of drug-likeness (QED) is 0.532. The number of nitrogens with zero attached hydrogens (tertiary/aromatic N) is 1. The Morgan fingerprint density at radius 2 is 2.06 bits per heavy atom. The van der Waals surface area contributed by atoms with Gasteiger partial charge < -0.3 is 24.2 Å². The Bertz CT molecular complexity index is 304. The first-order chi connectivity index (χ1) is 7.48. The van der Waals surface area contributed by atoms with E-state index in [2.05, 4.69) is 5.16 Å². The lowest BCUT2D eigenvalue weighted by atomic mass is 10.0. The molecular weight excluding hydrogens is 214 g/mol. The van der Waals surface area contributed by atoms with E-state index >= 15 is 0 Å². The van der Waals surface area contributed by atoms with Gasteiger partial charge >= 0.3 is 0 Å². The van der Waals surface area contributed by atoms with Gasteiger partial charge in [0.1, 0.15) is 24.0 Å². The highest BCUT2D eigenvalue weighted by Crippen LogP contribution is 2.36. The van der Waals surface area contributed by atoms with Crippen LogP contribution in [0.4, 0.5) is 0 Å². The molecular formula is C10H17NO5. The van der Waals surface area contributed by atoms with Crippen LogP contribution in [0.1, 0.15) is 20.8 Å². The molecule has 2 saturated heterocycles. The molecule has 2 fully saturated rings. The fraction of sp³-hybridized carbons (Fsp3) is 0.900. The van der Waals surface area contributed by atoms with Crippen LogP contribution in [0.5, 0.6) is 0 Å². The monoisotopic (exact) mass is 231 g/mol. The number of ether oxygens (including phenoxy) is 4. The fourth-order valence-electron chi connectivity index (χ4n) is 2.12. The molecule has 1 N–H and O–H groups in total. The Hall–Kier alpha value is -0.690. The molecule has 4 unspecified atom stereocenters. The smallest absolute Gasteiger partial charge is 0.187 e. The molecule has 92 valence electrons. The van der Waals surface area contributed by atoms with Crippen LogP contribution in [0, 0.1) is 0 Å². The summed E-state index contributed by atoms with van der Waals surface area (Å²) >= 11 is 0. The summed E-state index contributed by atoms with van der Waals surface area (Å²) in [5.41, 5.74) is 0.434. The molecule has 6 heteroatoms. The Balaban J connectivity index is 2.27. The minimum Gasteiger partial charge on any atom is -0.411 e. The van der Waals surface area contributed by atoms with Gasteiger partial charge in [-0.15, -0.1) is 0 Å². The van der Waals surface area contributed by atoms with E-state index in [-0.39, 0.29) is 6.10 Å². The summed E-state index contributed by atoms with van der Waals surface area (Å²) in [5, 5.41) is 12.2. The standard InChI is InChI=1S/C10H17NO5/c1-5-6(11-12)7-8(9(13-4)14-5)16-10(2,3)15-7/h5,7-9,12H,1-4H3/b11-6-. The molecule has 0 saturated carbocycles. The molecule has 2 heterocycles. The second-order valence-corrected chi connectivity index (χ2v) is 4.43. The Morgan fingerprint density at radius 3 is 2.62 bits per heavy atom. The predicted molar refractivity (Wildman–Crippen MR) is 54.4 cm³/mol. The first-order valence-corrected chi connectivity index (χ1v) is 5.24. The van der Waals surface area contributed by atoms with Gasteiger partial charge in [0, 0.05) is 7.11 Å². The molecule has 0 aromatic rings. The van der Waals surface area contributed by atoms with Gasteiger partial charge in [-0.05, 0) is 20.8 Å². The number of hydrogen-bond donors (Lipinski definition) is 1. The topological polar surface area (TPSA) is 69.5 Å².